The fraction of sp³-hybridized carbons (Fsp3) is 0.333. The molecular formula is C30H25NO5S2. The van der Waals surface area contributed by atoms with Crippen LogP contribution in [0.15, 0.2) is 58.3 Å². The molecule has 0 amide bonds. The van der Waals surface area contributed by atoms with Crippen molar-refractivity contribution in [1.82, 2.24) is 0 Å². The number of nitrogens with zero attached hydrogens (tertiary/aromatic N) is 1. The molecule has 1 heterocycles. The summed E-state index contributed by atoms with van der Waals surface area (Å²) in [6.45, 7) is 11.0. The summed E-state index contributed by atoms with van der Waals surface area (Å²) in [5.41, 5.74) is 5.12. The lowest BCUT2D eigenvalue weighted by Gasteiger charge is -2.58. The van der Waals surface area contributed by atoms with Gasteiger partial charge in [0.25, 0.3) is 0 Å². The van der Waals surface area contributed by atoms with E-state index in [0.29, 0.717) is 9.79 Å². The molecule has 3 N–H and O–H groups in total. The lowest BCUT2D eigenvalue weighted by atomic mass is 9.43. The van der Waals surface area contributed by atoms with Crippen molar-refractivity contribution in [3.8, 4) is 11.5 Å². The van der Waals surface area contributed by atoms with Gasteiger partial charge in [-0.1, -0.05) is 72.1 Å². The molecule has 8 heteroatoms. The van der Waals surface area contributed by atoms with Gasteiger partial charge in [0.2, 0.25) is 0 Å². The van der Waals surface area contributed by atoms with E-state index < -0.39 is 22.2 Å². The summed E-state index contributed by atoms with van der Waals surface area (Å²) in [4.78, 5) is 17.4. The maximum Gasteiger partial charge on any atom is 0.392 e. The van der Waals surface area contributed by atoms with Crippen molar-refractivity contribution in [3.63, 3.8) is 0 Å². The first-order valence-corrected chi connectivity index (χ1v) is 14.4. The van der Waals surface area contributed by atoms with Gasteiger partial charge in [-0.15, -0.1) is 0 Å². The van der Waals surface area contributed by atoms with E-state index in [0.717, 1.165) is 11.1 Å². The topological polar surface area (TPSA) is 91.4 Å². The van der Waals surface area contributed by atoms with Gasteiger partial charge in [-0.05, 0) is 36.1 Å². The molecule has 0 saturated carbocycles. The normalized spacial score (nSPS) is 25.8. The summed E-state index contributed by atoms with van der Waals surface area (Å²) in [6, 6.07) is 15.5. The molecule has 38 heavy (non-hydrogen) atoms. The lowest BCUT2D eigenvalue weighted by Crippen LogP contribution is -2.52. The van der Waals surface area contributed by atoms with E-state index in [4.69, 9.17) is 11.3 Å². The average Bonchev–Trinajstić information content (AvgIpc) is 3.39. The van der Waals surface area contributed by atoms with Gasteiger partial charge in [-0.25, -0.2) is 11.4 Å². The van der Waals surface area contributed by atoms with E-state index >= 15 is 0 Å². The summed E-state index contributed by atoms with van der Waals surface area (Å²) < 4.78 is 4.75. The Morgan fingerprint density at radius 3 is 1.97 bits per heavy atom. The van der Waals surface area contributed by atoms with Gasteiger partial charge in [-0.3, -0.25) is 4.85 Å². The number of thioether (sulfide) groups is 2. The highest BCUT2D eigenvalue weighted by Crippen LogP contribution is 2.80. The molecule has 3 unspecified atom stereocenters. The molecule has 3 aliphatic carbocycles. The molecule has 0 saturated heterocycles. The molecule has 6 nitrogen and oxygen atoms in total. The van der Waals surface area contributed by atoms with E-state index in [2.05, 4.69) is 29.1 Å². The Morgan fingerprint density at radius 2 is 1.50 bits per heavy atom. The van der Waals surface area contributed by atoms with Crippen molar-refractivity contribution in [2.45, 2.75) is 63.5 Å². The number of aromatic hydroxyl groups is 2. The van der Waals surface area contributed by atoms with Crippen LogP contribution in [0.5, 0.6) is 11.5 Å². The van der Waals surface area contributed by atoms with Crippen LogP contribution in [0.4, 0.5) is 0 Å². The Morgan fingerprint density at radius 1 is 1.00 bits per heavy atom. The van der Waals surface area contributed by atoms with Gasteiger partial charge in [-0.2, -0.15) is 0 Å². The van der Waals surface area contributed by atoms with Crippen molar-refractivity contribution in [2.75, 3.05) is 6.61 Å². The highest BCUT2D eigenvalue weighted by atomic mass is 32.2. The van der Waals surface area contributed by atoms with Crippen LogP contribution in [0, 0.1) is 6.57 Å². The Hall–Kier alpha value is -3.12. The first-order valence-electron chi connectivity index (χ1n) is 12.6. The molecule has 0 radical (unpaired) electrons. The largest absolute Gasteiger partial charge is 0.506 e. The SMILES string of the molecule is [C-]#[N+]C(C(=O)OCCC(C)(C)O)C1Sc2c(O)c3c(c(O)c2S1)C1c2ccccc2C12c1ccccc1C32. The minimum absolute atomic E-state index is 0.0123. The third-order valence-corrected chi connectivity index (χ3v) is 11.4. The van der Waals surface area contributed by atoms with Gasteiger partial charge in [0.05, 0.1) is 22.0 Å². The minimum atomic E-state index is -1.11. The highest BCUT2D eigenvalue weighted by Gasteiger charge is 2.71. The Bertz CT molecular complexity index is 1490. The van der Waals surface area contributed by atoms with Crippen LogP contribution in [0.1, 0.15) is 65.5 Å². The molecule has 192 valence electrons. The number of phenols is 2. The summed E-state index contributed by atoms with van der Waals surface area (Å²) >= 11 is 2.49. The van der Waals surface area contributed by atoms with E-state index in [9.17, 15) is 20.1 Å². The summed E-state index contributed by atoms with van der Waals surface area (Å²) in [5.74, 6) is -0.485. The van der Waals surface area contributed by atoms with Crippen LogP contribution in [-0.4, -0.2) is 44.1 Å². The van der Waals surface area contributed by atoms with E-state index in [1.165, 1.54) is 45.8 Å². The smallest absolute Gasteiger partial charge is 0.392 e. The van der Waals surface area contributed by atoms with E-state index in [1.807, 2.05) is 24.3 Å². The van der Waals surface area contributed by atoms with Crippen molar-refractivity contribution < 1.29 is 24.9 Å². The van der Waals surface area contributed by atoms with Crippen molar-refractivity contribution in [2.24, 2.45) is 0 Å². The molecule has 0 fully saturated rings. The number of carbonyl (C=O) groups excluding carboxylic acids is 1. The van der Waals surface area contributed by atoms with Crippen LogP contribution >= 0.6 is 23.5 Å². The zero-order valence-electron chi connectivity index (χ0n) is 20.8. The van der Waals surface area contributed by atoms with Crippen LogP contribution < -0.4 is 0 Å². The number of rotatable bonds is 5. The maximum atomic E-state index is 12.8. The summed E-state index contributed by atoms with van der Waals surface area (Å²) in [7, 11) is 0. The van der Waals surface area contributed by atoms with Crippen LogP contribution in [0.3, 0.4) is 0 Å². The van der Waals surface area contributed by atoms with Gasteiger partial charge in [0.15, 0.2) is 0 Å². The highest BCUT2D eigenvalue weighted by molar-refractivity contribution is 8.19. The van der Waals surface area contributed by atoms with Crippen LogP contribution in [0.2, 0.25) is 0 Å². The molecule has 1 aliphatic heterocycles. The first kappa shape index (κ1) is 24.0. The number of benzene rings is 3. The fourth-order valence-electron chi connectivity index (χ4n) is 6.90. The number of hydrogen-bond donors (Lipinski definition) is 3. The monoisotopic (exact) mass is 543 g/mol. The number of fused-ring (bicyclic) bond motifs is 8. The van der Waals surface area contributed by atoms with Crippen LogP contribution in [0.25, 0.3) is 4.85 Å². The molecule has 1 spiro atoms. The summed E-state index contributed by atoms with van der Waals surface area (Å²) in [5, 5.41) is 33.3. The zero-order valence-corrected chi connectivity index (χ0v) is 22.4. The molecule has 4 aliphatic rings. The number of carbonyl (C=O) groups is 1. The third kappa shape index (κ3) is 2.87. The minimum Gasteiger partial charge on any atom is -0.506 e. The molecule has 0 aromatic heterocycles. The van der Waals surface area contributed by atoms with Crippen molar-refractivity contribution in [1.29, 1.82) is 0 Å². The van der Waals surface area contributed by atoms with Crippen LogP contribution in [-0.2, 0) is 14.9 Å². The standard InChI is InChI=1S/C30H25NO5S2/c1-29(2,35)12-13-36-27(34)22(31-3)28-37-25-23(32)18-19(24(33)26(25)38-28)21-15-9-5-7-11-17(15)30(21)16-10-6-4-8-14(16)20(18)30/h4-11,20-22,28,32-33,35H,12-13H2,1-2H3. The number of hydrogen-bond acceptors (Lipinski definition) is 7. The number of phenolic OH excluding ortho intramolecular Hbond substituents is 2. The van der Waals surface area contributed by atoms with Gasteiger partial charge < -0.3 is 20.1 Å². The number of ether oxygens (including phenoxy) is 1. The second-order valence-corrected chi connectivity index (χ2v) is 13.6. The maximum absolute atomic E-state index is 12.8. The molecular weight excluding hydrogens is 518 g/mol. The quantitative estimate of drug-likeness (QED) is 0.222. The molecule has 3 aromatic rings. The van der Waals surface area contributed by atoms with Gasteiger partial charge in [0.1, 0.15) is 16.1 Å². The zero-order chi connectivity index (χ0) is 26.6. The fourth-order valence-corrected chi connectivity index (χ4v) is 9.88. The molecule has 7 rings (SSSR count). The second kappa shape index (κ2) is 7.95. The Labute approximate surface area is 228 Å². The molecule has 3 atom stereocenters. The van der Waals surface area contributed by atoms with Gasteiger partial charge >= 0.3 is 12.0 Å². The average molecular weight is 544 g/mol. The predicted molar refractivity (Wildman–Crippen MR) is 145 cm³/mol. The van der Waals surface area contributed by atoms with Crippen molar-refractivity contribution >= 4 is 29.5 Å². The third-order valence-electron chi connectivity index (χ3n) is 8.42. The summed E-state index contributed by atoms with van der Waals surface area (Å²) in [6.07, 6.45) is 0.260. The second-order valence-electron chi connectivity index (χ2n) is 11.0. The number of esters is 1. The van der Waals surface area contributed by atoms with Gasteiger partial charge in [0, 0.05) is 34.8 Å². The molecule has 3 aromatic carbocycles. The number of aliphatic hydroxyl groups is 1. The molecule has 0 bridgehead atoms. The Kier molecular flexibility index (Phi) is 5.01. The lowest BCUT2D eigenvalue weighted by molar-refractivity contribution is -0.144. The van der Waals surface area contributed by atoms with Crippen molar-refractivity contribution in [3.05, 3.63) is 93.3 Å². The first-order chi connectivity index (χ1) is 18.2. The van der Waals surface area contributed by atoms with E-state index in [-0.39, 0.29) is 41.8 Å². The Balaban J connectivity index is 1.27. The predicted octanol–water partition coefficient (Wildman–Crippen LogP) is 5.50. The van der Waals surface area contributed by atoms with E-state index in [1.54, 1.807) is 13.8 Å².